The fourth-order valence-electron chi connectivity index (χ4n) is 2.42. The van der Waals surface area contributed by atoms with Crippen LogP contribution in [0.2, 0.25) is 0 Å². The van der Waals surface area contributed by atoms with Gasteiger partial charge < -0.3 is 21.3 Å². The fourth-order valence-corrected chi connectivity index (χ4v) is 2.42. The zero-order chi connectivity index (χ0) is 20.7. The van der Waals surface area contributed by atoms with Crippen LogP contribution < -0.4 is 21.3 Å². The molecule has 0 radical (unpaired) electrons. The number of amides is 4. The smallest absolute Gasteiger partial charge is 0.319 e. The van der Waals surface area contributed by atoms with Crippen LogP contribution in [0.4, 0.5) is 16.2 Å². The summed E-state index contributed by atoms with van der Waals surface area (Å²) >= 11 is 0. The van der Waals surface area contributed by atoms with E-state index in [1.807, 2.05) is 33.8 Å². The highest BCUT2D eigenvalue weighted by atomic mass is 16.2. The van der Waals surface area contributed by atoms with E-state index in [9.17, 15) is 14.4 Å². The lowest BCUT2D eigenvalue weighted by Crippen LogP contribution is -2.46. The molecule has 0 bridgehead atoms. The Labute approximate surface area is 164 Å². The second-order valence-corrected chi connectivity index (χ2v) is 7.46. The molecule has 0 heterocycles. The molecule has 0 atom stereocenters. The van der Waals surface area contributed by atoms with Crippen LogP contribution >= 0.6 is 0 Å². The van der Waals surface area contributed by atoms with Crippen molar-refractivity contribution in [3.63, 3.8) is 0 Å². The van der Waals surface area contributed by atoms with E-state index in [1.54, 1.807) is 42.5 Å². The van der Waals surface area contributed by atoms with Crippen molar-refractivity contribution in [2.24, 2.45) is 0 Å². The predicted octanol–water partition coefficient (Wildman–Crippen LogP) is 3.28. The number of hydrogen-bond acceptors (Lipinski definition) is 3. The Bertz CT molecular complexity index is 858. The number of urea groups is 1. The summed E-state index contributed by atoms with van der Waals surface area (Å²) in [5.74, 6) is -0.512. The minimum Gasteiger partial charge on any atom is -0.350 e. The number of benzene rings is 2. The molecule has 0 saturated carbocycles. The normalized spacial score (nSPS) is 10.7. The summed E-state index contributed by atoms with van der Waals surface area (Å²) in [7, 11) is 0. The molecular formula is C21H26N4O3. The van der Waals surface area contributed by atoms with Gasteiger partial charge in [-0.1, -0.05) is 24.3 Å². The molecule has 0 aliphatic heterocycles. The minimum absolute atomic E-state index is 0.132. The van der Waals surface area contributed by atoms with Gasteiger partial charge in [0.2, 0.25) is 5.91 Å². The highest BCUT2D eigenvalue weighted by molar-refractivity contribution is 6.04. The van der Waals surface area contributed by atoms with Gasteiger partial charge in [-0.05, 0) is 57.5 Å². The van der Waals surface area contributed by atoms with Crippen LogP contribution in [0.3, 0.4) is 0 Å². The first-order valence-corrected chi connectivity index (χ1v) is 8.97. The van der Waals surface area contributed by atoms with Crippen LogP contribution in [0.5, 0.6) is 0 Å². The van der Waals surface area contributed by atoms with E-state index < -0.39 is 6.03 Å². The zero-order valence-electron chi connectivity index (χ0n) is 16.6. The summed E-state index contributed by atoms with van der Waals surface area (Å²) in [5, 5.41) is 10.8. The second kappa shape index (κ2) is 9.03. The van der Waals surface area contributed by atoms with Crippen LogP contribution in [-0.4, -0.2) is 29.9 Å². The first-order chi connectivity index (χ1) is 13.1. The molecule has 0 saturated heterocycles. The largest absolute Gasteiger partial charge is 0.350 e. The van der Waals surface area contributed by atoms with Gasteiger partial charge in [-0.15, -0.1) is 0 Å². The van der Waals surface area contributed by atoms with Crippen molar-refractivity contribution in [1.29, 1.82) is 0 Å². The van der Waals surface area contributed by atoms with Crippen molar-refractivity contribution in [3.8, 4) is 0 Å². The van der Waals surface area contributed by atoms with E-state index in [0.29, 0.717) is 16.9 Å². The van der Waals surface area contributed by atoms with Gasteiger partial charge in [-0.3, -0.25) is 9.59 Å². The van der Waals surface area contributed by atoms with Gasteiger partial charge >= 0.3 is 6.03 Å². The van der Waals surface area contributed by atoms with Crippen molar-refractivity contribution in [2.45, 2.75) is 33.2 Å². The Morgan fingerprint density at radius 3 is 2.25 bits per heavy atom. The van der Waals surface area contributed by atoms with Gasteiger partial charge in [-0.25, -0.2) is 4.79 Å². The third-order valence-electron chi connectivity index (χ3n) is 3.70. The van der Waals surface area contributed by atoms with E-state index in [2.05, 4.69) is 21.3 Å². The van der Waals surface area contributed by atoms with Crippen LogP contribution in [-0.2, 0) is 4.79 Å². The van der Waals surface area contributed by atoms with Crippen LogP contribution in [0.1, 0.15) is 36.7 Å². The van der Waals surface area contributed by atoms with Gasteiger partial charge in [0.25, 0.3) is 5.91 Å². The Balaban J connectivity index is 1.96. The quantitative estimate of drug-likeness (QED) is 0.638. The SMILES string of the molecule is Cc1ccc(NC(=O)c2ccccc2)cc1NC(=O)NCC(=O)NC(C)(C)C. The maximum atomic E-state index is 12.3. The van der Waals surface area contributed by atoms with Gasteiger partial charge in [0.05, 0.1) is 6.54 Å². The summed E-state index contributed by atoms with van der Waals surface area (Å²) < 4.78 is 0. The Hall–Kier alpha value is -3.35. The average molecular weight is 382 g/mol. The van der Waals surface area contributed by atoms with Crippen molar-refractivity contribution < 1.29 is 14.4 Å². The summed E-state index contributed by atoms with van der Waals surface area (Å²) in [6.45, 7) is 7.30. The maximum Gasteiger partial charge on any atom is 0.319 e. The topological polar surface area (TPSA) is 99.3 Å². The molecule has 2 aromatic rings. The van der Waals surface area contributed by atoms with Gasteiger partial charge in [-0.2, -0.15) is 0 Å². The van der Waals surface area contributed by atoms with Crippen molar-refractivity contribution in [3.05, 3.63) is 59.7 Å². The van der Waals surface area contributed by atoms with Gasteiger partial charge in [0, 0.05) is 22.5 Å². The van der Waals surface area contributed by atoms with E-state index in [-0.39, 0.29) is 23.9 Å². The second-order valence-electron chi connectivity index (χ2n) is 7.46. The van der Waals surface area contributed by atoms with Gasteiger partial charge in [0.15, 0.2) is 0 Å². The Morgan fingerprint density at radius 2 is 1.61 bits per heavy atom. The zero-order valence-corrected chi connectivity index (χ0v) is 16.6. The molecule has 0 unspecified atom stereocenters. The molecule has 7 nitrogen and oxygen atoms in total. The molecule has 148 valence electrons. The molecule has 0 fully saturated rings. The standard InChI is InChI=1S/C21H26N4O3/c1-14-10-11-16(23-19(27)15-8-6-5-7-9-15)12-17(14)24-20(28)22-13-18(26)25-21(2,3)4/h5-12H,13H2,1-4H3,(H,23,27)(H,25,26)(H2,22,24,28). The molecule has 0 aliphatic carbocycles. The molecule has 28 heavy (non-hydrogen) atoms. The number of hydrogen-bond donors (Lipinski definition) is 4. The average Bonchev–Trinajstić information content (AvgIpc) is 2.62. The predicted molar refractivity (Wildman–Crippen MR) is 110 cm³/mol. The van der Waals surface area contributed by atoms with Crippen molar-refractivity contribution >= 4 is 29.2 Å². The number of carbonyl (C=O) groups excluding carboxylic acids is 3. The Morgan fingerprint density at radius 1 is 0.929 bits per heavy atom. The number of aryl methyl sites for hydroxylation is 1. The first-order valence-electron chi connectivity index (χ1n) is 8.97. The maximum absolute atomic E-state index is 12.3. The molecule has 4 N–H and O–H groups in total. The lowest BCUT2D eigenvalue weighted by Gasteiger charge is -2.20. The highest BCUT2D eigenvalue weighted by Gasteiger charge is 2.14. The number of carbonyl (C=O) groups is 3. The summed E-state index contributed by atoms with van der Waals surface area (Å²) in [4.78, 5) is 36.2. The van der Waals surface area contributed by atoms with E-state index in [0.717, 1.165) is 5.56 Å². The molecule has 2 aromatic carbocycles. The Kier molecular flexibility index (Phi) is 6.76. The molecule has 2 rings (SSSR count). The lowest BCUT2D eigenvalue weighted by molar-refractivity contribution is -0.121. The van der Waals surface area contributed by atoms with Crippen LogP contribution in [0.15, 0.2) is 48.5 Å². The molecule has 7 heteroatoms. The monoisotopic (exact) mass is 382 g/mol. The molecule has 4 amide bonds. The van der Waals surface area contributed by atoms with Crippen molar-refractivity contribution in [1.82, 2.24) is 10.6 Å². The van der Waals surface area contributed by atoms with E-state index >= 15 is 0 Å². The third-order valence-corrected chi connectivity index (χ3v) is 3.70. The fraction of sp³-hybridized carbons (Fsp3) is 0.286. The summed E-state index contributed by atoms with van der Waals surface area (Å²) in [6.07, 6.45) is 0. The highest BCUT2D eigenvalue weighted by Crippen LogP contribution is 2.21. The molecule has 0 aliphatic rings. The van der Waals surface area contributed by atoms with Gasteiger partial charge in [0.1, 0.15) is 0 Å². The first kappa shape index (κ1) is 21.0. The molecule has 0 aromatic heterocycles. The summed E-state index contributed by atoms with van der Waals surface area (Å²) in [5.41, 5.74) is 2.10. The van der Waals surface area contributed by atoms with E-state index in [1.165, 1.54) is 0 Å². The summed E-state index contributed by atoms with van der Waals surface area (Å²) in [6, 6.07) is 13.6. The number of anilines is 2. The number of nitrogens with one attached hydrogen (secondary N) is 4. The molecule has 0 spiro atoms. The van der Waals surface area contributed by atoms with Crippen LogP contribution in [0.25, 0.3) is 0 Å². The third kappa shape index (κ3) is 6.75. The lowest BCUT2D eigenvalue weighted by atomic mass is 10.1. The minimum atomic E-state index is -0.501. The number of rotatable bonds is 5. The van der Waals surface area contributed by atoms with Crippen molar-refractivity contribution in [2.75, 3.05) is 17.2 Å². The molecular weight excluding hydrogens is 356 g/mol. The van der Waals surface area contributed by atoms with E-state index in [4.69, 9.17) is 0 Å². The van der Waals surface area contributed by atoms with Crippen LogP contribution in [0, 0.1) is 6.92 Å².